The summed E-state index contributed by atoms with van der Waals surface area (Å²) in [5.74, 6) is 2.33. The lowest BCUT2D eigenvalue weighted by Gasteiger charge is -2.28. The first-order chi connectivity index (χ1) is 14.3. The molecular formula is C24H29N3O2. The minimum atomic E-state index is 0.306. The molecule has 0 spiro atoms. The van der Waals surface area contributed by atoms with E-state index in [9.17, 15) is 0 Å². The Morgan fingerprint density at radius 3 is 2.66 bits per heavy atom. The number of allylic oxidation sites excluding steroid dienone is 5. The second-order valence-electron chi connectivity index (χ2n) is 8.24. The van der Waals surface area contributed by atoms with Crippen molar-refractivity contribution in [3.63, 3.8) is 0 Å². The maximum Gasteiger partial charge on any atom is 0.231 e. The van der Waals surface area contributed by atoms with Crippen LogP contribution in [-0.2, 0) is 9.47 Å². The van der Waals surface area contributed by atoms with Crippen LogP contribution in [0.25, 0.3) is 12.2 Å². The van der Waals surface area contributed by atoms with E-state index in [4.69, 9.17) is 9.47 Å². The first-order valence-corrected chi connectivity index (χ1v) is 10.7. The van der Waals surface area contributed by atoms with Crippen LogP contribution in [0.5, 0.6) is 0 Å². The number of rotatable bonds is 3. The number of H-pyrrole nitrogens is 1. The third-order valence-electron chi connectivity index (χ3n) is 6.21. The number of hydrogen-bond donors (Lipinski definition) is 2. The quantitative estimate of drug-likeness (QED) is 0.832. The minimum Gasteiger partial charge on any atom is -0.454 e. The standard InChI is InChI=1S/C24H29N3O2/c1-27-11-9-17(10-12-27)21-15-25-22-13-18(6-4-7-20(21)22)26-19-5-2-3-8-23-24(14-19)29-16-28-23/h5-8,13-15,17,25-26H,2-4,9-12,16H2,1H3/b19-5+,23-8-,24-14+. The van der Waals surface area contributed by atoms with E-state index in [0.29, 0.717) is 12.7 Å². The Bertz CT molecular complexity index is 1020. The van der Waals surface area contributed by atoms with Gasteiger partial charge in [0.1, 0.15) is 0 Å². The number of likely N-dealkylation sites (tertiary alicyclic amines) is 1. The van der Waals surface area contributed by atoms with Crippen molar-refractivity contribution in [2.45, 2.75) is 38.0 Å². The van der Waals surface area contributed by atoms with E-state index in [1.165, 1.54) is 42.1 Å². The Kier molecular flexibility index (Phi) is 5.06. The summed E-state index contributed by atoms with van der Waals surface area (Å²) in [4.78, 5) is 5.96. The monoisotopic (exact) mass is 391 g/mol. The first-order valence-electron chi connectivity index (χ1n) is 10.7. The summed E-state index contributed by atoms with van der Waals surface area (Å²) in [5, 5.41) is 6.18. The van der Waals surface area contributed by atoms with Gasteiger partial charge >= 0.3 is 0 Å². The molecule has 0 amide bonds. The zero-order chi connectivity index (χ0) is 19.6. The van der Waals surface area contributed by atoms with E-state index in [2.05, 4.69) is 58.8 Å². The highest BCUT2D eigenvalue weighted by molar-refractivity contribution is 5.52. The molecule has 3 heterocycles. The lowest BCUT2D eigenvalue weighted by Crippen LogP contribution is -2.33. The Hall–Kier alpha value is -2.66. The van der Waals surface area contributed by atoms with Gasteiger partial charge in [-0.05, 0) is 81.1 Å². The molecular weight excluding hydrogens is 362 g/mol. The number of hydrogen-bond acceptors (Lipinski definition) is 4. The smallest absolute Gasteiger partial charge is 0.231 e. The molecule has 2 N–H and O–H groups in total. The van der Waals surface area contributed by atoms with Gasteiger partial charge in [-0.15, -0.1) is 0 Å². The van der Waals surface area contributed by atoms with Crippen LogP contribution in [0.3, 0.4) is 0 Å². The molecule has 2 fully saturated rings. The molecule has 2 saturated heterocycles. The van der Waals surface area contributed by atoms with Gasteiger partial charge in [-0.2, -0.15) is 0 Å². The maximum atomic E-state index is 5.62. The van der Waals surface area contributed by atoms with Gasteiger partial charge in [-0.25, -0.2) is 0 Å². The minimum absolute atomic E-state index is 0.306. The molecule has 2 aliphatic carbocycles. The topological polar surface area (TPSA) is 49.5 Å². The van der Waals surface area contributed by atoms with Crippen molar-refractivity contribution in [1.82, 2.24) is 15.2 Å². The highest BCUT2D eigenvalue weighted by atomic mass is 16.7. The molecule has 5 rings (SSSR count). The van der Waals surface area contributed by atoms with Gasteiger partial charge in [0.15, 0.2) is 11.5 Å². The van der Waals surface area contributed by atoms with Crippen LogP contribution < -0.4 is 15.9 Å². The zero-order valence-electron chi connectivity index (χ0n) is 17.0. The number of piperidine rings is 1. The van der Waals surface area contributed by atoms with Gasteiger partial charge in [0.25, 0.3) is 0 Å². The lowest BCUT2D eigenvalue weighted by molar-refractivity contribution is 0.0974. The van der Waals surface area contributed by atoms with Gasteiger partial charge in [0.05, 0.1) is 0 Å². The summed E-state index contributed by atoms with van der Waals surface area (Å²) in [7, 11) is 2.22. The molecule has 2 aliphatic heterocycles. The van der Waals surface area contributed by atoms with Crippen LogP contribution in [0.4, 0.5) is 0 Å². The van der Waals surface area contributed by atoms with Crippen LogP contribution in [0.2, 0.25) is 0 Å². The van der Waals surface area contributed by atoms with Gasteiger partial charge < -0.3 is 24.7 Å². The molecule has 1 aromatic rings. The SMILES string of the molecule is CN1CCC(c2c[nH]c3c2=CCC=C(NC2=C\CC\C=C4/OCO/C4=C/2)C=3)CC1. The first kappa shape index (κ1) is 18.4. The lowest BCUT2D eigenvalue weighted by atomic mass is 9.90. The second kappa shape index (κ2) is 7.99. The summed E-state index contributed by atoms with van der Waals surface area (Å²) in [6.07, 6.45) is 20.8. The Morgan fingerprint density at radius 2 is 1.76 bits per heavy atom. The molecule has 1 aromatic heterocycles. The third kappa shape index (κ3) is 3.92. The van der Waals surface area contributed by atoms with Gasteiger partial charge in [-0.1, -0.05) is 18.2 Å². The fourth-order valence-electron chi connectivity index (χ4n) is 4.55. The molecule has 0 bridgehead atoms. The van der Waals surface area contributed by atoms with E-state index in [1.54, 1.807) is 0 Å². The Balaban J connectivity index is 1.38. The van der Waals surface area contributed by atoms with Crippen molar-refractivity contribution in [2.75, 3.05) is 26.9 Å². The molecule has 0 radical (unpaired) electrons. The number of nitrogens with zero attached hydrogens (tertiary/aromatic N) is 1. The van der Waals surface area contributed by atoms with Gasteiger partial charge in [-0.3, -0.25) is 0 Å². The van der Waals surface area contributed by atoms with Crippen molar-refractivity contribution in [3.8, 4) is 0 Å². The number of nitrogens with one attached hydrogen (secondary N) is 2. The maximum absolute atomic E-state index is 5.62. The van der Waals surface area contributed by atoms with Crippen molar-refractivity contribution in [2.24, 2.45) is 0 Å². The summed E-state index contributed by atoms with van der Waals surface area (Å²) in [5.41, 5.74) is 3.66. The van der Waals surface area contributed by atoms with E-state index >= 15 is 0 Å². The molecule has 0 unspecified atom stereocenters. The van der Waals surface area contributed by atoms with Crippen LogP contribution >= 0.6 is 0 Å². The summed E-state index contributed by atoms with van der Waals surface area (Å²) in [6.45, 7) is 2.68. The largest absolute Gasteiger partial charge is 0.454 e. The molecule has 0 saturated carbocycles. The summed E-state index contributed by atoms with van der Waals surface area (Å²) in [6, 6.07) is 0. The van der Waals surface area contributed by atoms with Crippen molar-refractivity contribution in [3.05, 3.63) is 69.5 Å². The van der Waals surface area contributed by atoms with E-state index in [0.717, 1.165) is 42.2 Å². The van der Waals surface area contributed by atoms with E-state index in [-0.39, 0.29) is 0 Å². The average molecular weight is 392 g/mol. The molecule has 152 valence electrons. The molecule has 5 nitrogen and oxygen atoms in total. The highest BCUT2D eigenvalue weighted by Crippen LogP contribution is 2.26. The average Bonchev–Trinajstić information content (AvgIpc) is 3.25. The van der Waals surface area contributed by atoms with Crippen molar-refractivity contribution in [1.29, 1.82) is 0 Å². The number of ether oxygens (including phenoxy) is 2. The Labute approximate surface area is 171 Å². The zero-order valence-corrected chi connectivity index (χ0v) is 17.0. The normalized spacial score (nSPS) is 27.9. The van der Waals surface area contributed by atoms with E-state index < -0.39 is 0 Å². The fourth-order valence-corrected chi connectivity index (χ4v) is 4.55. The molecule has 29 heavy (non-hydrogen) atoms. The van der Waals surface area contributed by atoms with Gasteiger partial charge in [0.2, 0.25) is 6.79 Å². The molecule has 5 heteroatoms. The number of fused-ring (bicyclic) bond motifs is 2. The predicted molar refractivity (Wildman–Crippen MR) is 115 cm³/mol. The van der Waals surface area contributed by atoms with Crippen molar-refractivity contribution >= 4 is 12.2 Å². The number of aromatic amines is 1. The summed E-state index contributed by atoms with van der Waals surface area (Å²) >= 11 is 0. The van der Waals surface area contributed by atoms with E-state index in [1.807, 2.05) is 6.08 Å². The van der Waals surface area contributed by atoms with Gasteiger partial charge in [0, 0.05) is 29.0 Å². The molecule has 0 aromatic carbocycles. The molecule has 0 atom stereocenters. The second-order valence-corrected chi connectivity index (χ2v) is 8.24. The van der Waals surface area contributed by atoms with Crippen LogP contribution in [0, 0.1) is 0 Å². The summed E-state index contributed by atoms with van der Waals surface area (Å²) < 4.78 is 11.2. The fraction of sp³-hybridized carbons (Fsp3) is 0.417. The van der Waals surface area contributed by atoms with Crippen LogP contribution in [0.15, 0.2) is 53.4 Å². The van der Waals surface area contributed by atoms with Crippen LogP contribution in [-0.4, -0.2) is 36.8 Å². The molecule has 4 aliphatic rings. The van der Waals surface area contributed by atoms with Crippen LogP contribution in [0.1, 0.15) is 43.6 Å². The predicted octanol–water partition coefficient (Wildman–Crippen LogP) is 2.71. The Morgan fingerprint density at radius 1 is 0.966 bits per heavy atom. The number of aromatic nitrogens is 1. The van der Waals surface area contributed by atoms with Crippen molar-refractivity contribution < 1.29 is 9.47 Å². The third-order valence-corrected chi connectivity index (χ3v) is 6.21. The highest BCUT2D eigenvalue weighted by Gasteiger charge is 2.21.